The van der Waals surface area contributed by atoms with E-state index < -0.39 is 5.60 Å². The molecule has 1 heterocycles. The molecule has 0 radical (unpaired) electrons. The van der Waals surface area contributed by atoms with E-state index >= 15 is 0 Å². The minimum atomic E-state index is -0.687. The van der Waals surface area contributed by atoms with Gasteiger partial charge in [0.1, 0.15) is 5.60 Å². The van der Waals surface area contributed by atoms with Crippen molar-refractivity contribution in [2.75, 3.05) is 0 Å². The lowest BCUT2D eigenvalue weighted by Gasteiger charge is -2.35. The molecule has 164 valence electrons. The van der Waals surface area contributed by atoms with E-state index in [1.165, 1.54) is 28.9 Å². The Balaban J connectivity index is 1.86. The van der Waals surface area contributed by atoms with Crippen molar-refractivity contribution in [3.8, 4) is 17.2 Å². The van der Waals surface area contributed by atoms with Crippen LogP contribution in [0.3, 0.4) is 0 Å². The van der Waals surface area contributed by atoms with Crippen molar-refractivity contribution in [1.29, 1.82) is 0 Å². The molecule has 4 nitrogen and oxygen atoms in total. The molecule has 2 N–H and O–H groups in total. The SMILES string of the molecule is CC(C)=CCC/C(C)=C/CC/C(C)=C/CCC1(C)CC(=O)c2ccc(O)c(O)c2O1. The van der Waals surface area contributed by atoms with Gasteiger partial charge in [-0.25, -0.2) is 0 Å². The number of allylic oxidation sites excluding steroid dienone is 6. The van der Waals surface area contributed by atoms with E-state index in [1.807, 2.05) is 6.92 Å². The molecule has 0 saturated heterocycles. The predicted octanol–water partition coefficient (Wildman–Crippen LogP) is 7.02. The first-order chi connectivity index (χ1) is 14.1. The van der Waals surface area contributed by atoms with Gasteiger partial charge in [0.15, 0.2) is 17.3 Å². The topological polar surface area (TPSA) is 66.8 Å². The van der Waals surface area contributed by atoms with Gasteiger partial charge in [-0.15, -0.1) is 0 Å². The molecule has 30 heavy (non-hydrogen) atoms. The van der Waals surface area contributed by atoms with Crippen LogP contribution in [-0.4, -0.2) is 21.6 Å². The third-order valence-corrected chi connectivity index (χ3v) is 5.58. The van der Waals surface area contributed by atoms with E-state index in [0.717, 1.165) is 32.1 Å². The molecule has 2 rings (SSSR count). The second kappa shape index (κ2) is 10.5. The molecule has 1 unspecified atom stereocenters. The van der Waals surface area contributed by atoms with Gasteiger partial charge in [0.25, 0.3) is 0 Å². The van der Waals surface area contributed by atoms with Gasteiger partial charge in [-0.05, 0) is 85.3 Å². The third-order valence-electron chi connectivity index (χ3n) is 5.58. The summed E-state index contributed by atoms with van der Waals surface area (Å²) in [5.74, 6) is -0.595. The molecule has 1 aromatic rings. The Labute approximate surface area is 181 Å². The number of benzene rings is 1. The van der Waals surface area contributed by atoms with Crippen LogP contribution in [0.15, 0.2) is 47.1 Å². The first-order valence-corrected chi connectivity index (χ1v) is 10.8. The lowest BCUT2D eigenvalue weighted by Crippen LogP contribution is -2.39. The first-order valence-electron chi connectivity index (χ1n) is 10.8. The zero-order chi connectivity index (χ0) is 22.3. The summed E-state index contributed by atoms with van der Waals surface area (Å²) in [5.41, 5.74) is 3.78. The van der Waals surface area contributed by atoms with Crippen molar-refractivity contribution in [3.63, 3.8) is 0 Å². The summed E-state index contributed by atoms with van der Waals surface area (Å²) in [5, 5.41) is 19.8. The number of Topliss-reactive ketones (excluding diaryl/α,β-unsaturated/α-hetero) is 1. The van der Waals surface area contributed by atoms with Gasteiger partial charge in [-0.2, -0.15) is 0 Å². The van der Waals surface area contributed by atoms with Crippen LogP contribution in [0, 0.1) is 0 Å². The van der Waals surface area contributed by atoms with Crippen LogP contribution >= 0.6 is 0 Å². The molecule has 0 bridgehead atoms. The number of hydrogen-bond acceptors (Lipinski definition) is 4. The summed E-state index contributed by atoms with van der Waals surface area (Å²) in [7, 11) is 0. The van der Waals surface area contributed by atoms with Crippen LogP contribution in [0.2, 0.25) is 0 Å². The largest absolute Gasteiger partial charge is 0.504 e. The Hall–Kier alpha value is -2.49. The summed E-state index contributed by atoms with van der Waals surface area (Å²) in [6.45, 7) is 10.5. The van der Waals surface area contributed by atoms with Gasteiger partial charge >= 0.3 is 0 Å². The normalized spacial score (nSPS) is 19.3. The van der Waals surface area contributed by atoms with Gasteiger partial charge in [0.2, 0.25) is 5.75 Å². The summed E-state index contributed by atoms with van der Waals surface area (Å²) in [6.07, 6.45) is 12.8. The van der Waals surface area contributed by atoms with Crippen molar-refractivity contribution in [2.45, 2.75) is 85.2 Å². The molecule has 0 aliphatic carbocycles. The molecule has 1 aliphatic heterocycles. The first kappa shape index (κ1) is 23.8. The van der Waals surface area contributed by atoms with Crippen LogP contribution in [0.1, 0.15) is 89.9 Å². The highest BCUT2D eigenvalue weighted by molar-refractivity contribution is 6.01. The minimum Gasteiger partial charge on any atom is -0.504 e. The Morgan fingerprint density at radius 1 is 1.00 bits per heavy atom. The van der Waals surface area contributed by atoms with Crippen molar-refractivity contribution < 1.29 is 19.7 Å². The molecule has 1 atom stereocenters. The summed E-state index contributed by atoms with van der Waals surface area (Å²) in [6, 6.07) is 2.83. The number of aromatic hydroxyl groups is 2. The van der Waals surface area contributed by atoms with E-state index in [2.05, 4.69) is 45.9 Å². The highest BCUT2D eigenvalue weighted by atomic mass is 16.5. The van der Waals surface area contributed by atoms with Gasteiger partial charge in [-0.1, -0.05) is 34.9 Å². The quantitative estimate of drug-likeness (QED) is 0.338. The van der Waals surface area contributed by atoms with Crippen LogP contribution in [0.4, 0.5) is 0 Å². The van der Waals surface area contributed by atoms with Crippen LogP contribution < -0.4 is 4.74 Å². The number of ketones is 1. The van der Waals surface area contributed by atoms with E-state index in [1.54, 1.807) is 0 Å². The molecule has 0 amide bonds. The monoisotopic (exact) mass is 412 g/mol. The van der Waals surface area contributed by atoms with E-state index in [4.69, 9.17) is 4.74 Å². The van der Waals surface area contributed by atoms with Crippen molar-refractivity contribution >= 4 is 5.78 Å². The maximum atomic E-state index is 12.5. The fraction of sp³-hybridized carbons (Fsp3) is 0.500. The van der Waals surface area contributed by atoms with E-state index in [9.17, 15) is 15.0 Å². The number of fused-ring (bicyclic) bond motifs is 1. The highest BCUT2D eigenvalue weighted by Crippen LogP contribution is 2.45. The summed E-state index contributed by atoms with van der Waals surface area (Å²) in [4.78, 5) is 12.5. The van der Waals surface area contributed by atoms with E-state index in [-0.39, 0.29) is 29.5 Å². The van der Waals surface area contributed by atoms with Crippen molar-refractivity contribution in [3.05, 3.63) is 52.6 Å². The smallest absolute Gasteiger partial charge is 0.201 e. The van der Waals surface area contributed by atoms with Crippen LogP contribution in [-0.2, 0) is 0 Å². The van der Waals surface area contributed by atoms with Crippen molar-refractivity contribution in [2.24, 2.45) is 0 Å². The number of carbonyl (C=O) groups excluding carboxylic acids is 1. The number of carbonyl (C=O) groups is 1. The number of rotatable bonds is 9. The van der Waals surface area contributed by atoms with Gasteiger partial charge in [0.05, 0.1) is 12.0 Å². The summed E-state index contributed by atoms with van der Waals surface area (Å²) >= 11 is 0. The number of phenolic OH excluding ortho intramolecular Hbond substituents is 2. The predicted molar refractivity (Wildman–Crippen MR) is 122 cm³/mol. The van der Waals surface area contributed by atoms with Gasteiger partial charge in [0, 0.05) is 0 Å². The molecule has 0 spiro atoms. The Morgan fingerprint density at radius 2 is 1.60 bits per heavy atom. The minimum absolute atomic E-state index is 0.0662. The highest BCUT2D eigenvalue weighted by Gasteiger charge is 2.38. The molecule has 4 heteroatoms. The maximum Gasteiger partial charge on any atom is 0.201 e. The number of phenols is 2. The lowest BCUT2D eigenvalue weighted by molar-refractivity contribution is 0.0451. The Morgan fingerprint density at radius 3 is 2.23 bits per heavy atom. The molecule has 0 aromatic heterocycles. The maximum absolute atomic E-state index is 12.5. The zero-order valence-corrected chi connectivity index (χ0v) is 19.0. The van der Waals surface area contributed by atoms with Crippen LogP contribution in [0.5, 0.6) is 17.2 Å². The Kier molecular flexibility index (Phi) is 8.33. The standard InChI is InChI=1S/C26H36O4/c1-18(2)9-6-10-19(3)11-7-12-20(4)13-8-16-26(5)17-23(28)21-14-15-22(27)24(29)25(21)30-26/h9,11,13-15,27,29H,6-8,10,12,16-17H2,1-5H3/b19-11+,20-13+. The second-order valence-electron chi connectivity index (χ2n) is 8.96. The summed E-state index contributed by atoms with van der Waals surface area (Å²) < 4.78 is 5.98. The van der Waals surface area contributed by atoms with Crippen LogP contribution in [0.25, 0.3) is 0 Å². The van der Waals surface area contributed by atoms with E-state index in [0.29, 0.717) is 12.0 Å². The molecule has 0 saturated carbocycles. The molecule has 1 aromatic carbocycles. The number of ether oxygens (including phenoxy) is 1. The third kappa shape index (κ3) is 6.79. The number of hydrogen-bond donors (Lipinski definition) is 2. The van der Waals surface area contributed by atoms with Gasteiger partial charge in [-0.3, -0.25) is 4.79 Å². The molecular formula is C26H36O4. The van der Waals surface area contributed by atoms with Gasteiger partial charge < -0.3 is 14.9 Å². The molecule has 1 aliphatic rings. The fourth-order valence-corrected chi connectivity index (χ4v) is 3.70. The fourth-order valence-electron chi connectivity index (χ4n) is 3.70. The van der Waals surface area contributed by atoms with Crippen molar-refractivity contribution in [1.82, 2.24) is 0 Å². The molecule has 0 fully saturated rings. The lowest BCUT2D eigenvalue weighted by atomic mass is 9.87. The average molecular weight is 413 g/mol. The second-order valence-corrected chi connectivity index (χ2v) is 8.96. The average Bonchev–Trinajstić information content (AvgIpc) is 2.64. The Bertz CT molecular complexity index is 856. The zero-order valence-electron chi connectivity index (χ0n) is 19.0. The molecular weight excluding hydrogens is 376 g/mol.